The Hall–Kier alpha value is -2.38. The summed E-state index contributed by atoms with van der Waals surface area (Å²) in [5.74, 6) is 1.03. The molecule has 3 aromatic rings. The van der Waals surface area contributed by atoms with E-state index in [0.717, 1.165) is 26.9 Å². The quantitative estimate of drug-likeness (QED) is 0.312. The molecule has 0 amide bonds. The molecule has 31 heavy (non-hydrogen) atoms. The van der Waals surface area contributed by atoms with E-state index < -0.39 is 12.2 Å². The molecule has 0 aromatic heterocycles. The van der Waals surface area contributed by atoms with Crippen molar-refractivity contribution in [2.75, 3.05) is 6.79 Å². The summed E-state index contributed by atoms with van der Waals surface area (Å²) in [4.78, 5) is 13.3. The highest BCUT2D eigenvalue weighted by Gasteiger charge is 2.49. The molecule has 0 saturated carbocycles. The molecule has 2 heterocycles. The van der Waals surface area contributed by atoms with Crippen molar-refractivity contribution in [2.45, 2.75) is 25.4 Å². The molecule has 2 atom stereocenters. The minimum atomic E-state index is -0.623. The van der Waals surface area contributed by atoms with Gasteiger partial charge in [-0.3, -0.25) is 4.79 Å². The van der Waals surface area contributed by atoms with Crippen molar-refractivity contribution < 1.29 is 23.7 Å². The van der Waals surface area contributed by atoms with E-state index in [9.17, 15) is 4.79 Å². The van der Waals surface area contributed by atoms with E-state index in [-0.39, 0.29) is 12.6 Å². The molecule has 3 aromatic carbocycles. The minimum absolute atomic E-state index is 0.170. The van der Waals surface area contributed by atoms with Gasteiger partial charge in [0.05, 0.1) is 12.2 Å². The number of epoxide rings is 1. The summed E-state index contributed by atoms with van der Waals surface area (Å²) in [6.07, 6.45) is -1.01. The van der Waals surface area contributed by atoms with Crippen LogP contribution in [0.5, 0.6) is 11.5 Å². The molecule has 0 spiro atoms. The third kappa shape index (κ3) is 4.34. The van der Waals surface area contributed by atoms with E-state index in [2.05, 4.69) is 15.9 Å². The molecule has 0 unspecified atom stereocenters. The topological polar surface area (TPSA) is 57.3 Å². The first-order valence-corrected chi connectivity index (χ1v) is 11.0. The third-order valence-corrected chi connectivity index (χ3v) is 5.90. The smallest absolute Gasteiger partial charge is 0.198 e. The highest BCUT2D eigenvalue weighted by atomic mass is 79.9. The van der Waals surface area contributed by atoms with Gasteiger partial charge in [0.25, 0.3) is 0 Å². The maximum atomic E-state index is 13.3. The lowest BCUT2D eigenvalue weighted by molar-refractivity contribution is -0.0173. The molecule has 0 bridgehead atoms. The van der Waals surface area contributed by atoms with E-state index in [1.807, 2.05) is 42.5 Å². The zero-order chi connectivity index (χ0) is 21.4. The standard InChI is InChI=1S/C24H18BrClO5/c25-16-8-15-12-28-13-30-22(15)19(9-16)23-24(31-23)21(27)18-10-17(26)6-7-20(18)29-11-14-4-2-1-3-5-14/h1-10,23-24H,11-13H2/t23-,24+/m1/s1. The van der Waals surface area contributed by atoms with Crippen LogP contribution in [0, 0.1) is 0 Å². The number of Topliss-reactive ketones (excluding diaryl/α,β-unsaturated/α-hetero) is 1. The van der Waals surface area contributed by atoms with E-state index >= 15 is 0 Å². The van der Waals surface area contributed by atoms with Gasteiger partial charge in [-0.1, -0.05) is 57.9 Å². The van der Waals surface area contributed by atoms with Crippen LogP contribution >= 0.6 is 27.5 Å². The fourth-order valence-electron chi connectivity index (χ4n) is 3.68. The van der Waals surface area contributed by atoms with Gasteiger partial charge in [-0.05, 0) is 35.9 Å². The normalized spacial score (nSPS) is 19.3. The van der Waals surface area contributed by atoms with E-state index in [4.69, 9.17) is 30.5 Å². The molecule has 1 fully saturated rings. The second kappa shape index (κ2) is 8.63. The van der Waals surface area contributed by atoms with Crippen molar-refractivity contribution >= 4 is 33.3 Å². The Labute approximate surface area is 193 Å². The van der Waals surface area contributed by atoms with Crippen LogP contribution in [0.1, 0.15) is 33.2 Å². The van der Waals surface area contributed by atoms with Crippen molar-refractivity contribution in [3.8, 4) is 11.5 Å². The lowest BCUT2D eigenvalue weighted by Crippen LogP contribution is -2.14. The number of hydrogen-bond donors (Lipinski definition) is 0. The van der Waals surface area contributed by atoms with Gasteiger partial charge in [-0.25, -0.2) is 0 Å². The summed E-state index contributed by atoms with van der Waals surface area (Å²) in [6, 6.07) is 18.7. The van der Waals surface area contributed by atoms with E-state index in [1.165, 1.54) is 0 Å². The summed E-state index contributed by atoms with van der Waals surface area (Å²) < 4.78 is 23.7. The third-order valence-electron chi connectivity index (χ3n) is 5.20. The van der Waals surface area contributed by atoms with E-state index in [1.54, 1.807) is 18.2 Å². The van der Waals surface area contributed by atoms with Gasteiger partial charge in [-0.15, -0.1) is 0 Å². The lowest BCUT2D eigenvalue weighted by atomic mass is 9.99. The Kier molecular flexibility index (Phi) is 5.71. The first-order chi connectivity index (χ1) is 15.1. The molecule has 0 N–H and O–H groups in total. The first-order valence-electron chi connectivity index (χ1n) is 9.79. The van der Waals surface area contributed by atoms with Crippen LogP contribution in [0.25, 0.3) is 0 Å². The Morgan fingerprint density at radius 1 is 1.13 bits per heavy atom. The predicted octanol–water partition coefficient (Wildman–Crippen LogP) is 5.87. The zero-order valence-electron chi connectivity index (χ0n) is 16.3. The molecular weight excluding hydrogens is 484 g/mol. The molecule has 0 radical (unpaired) electrons. The van der Waals surface area contributed by atoms with Gasteiger partial charge in [-0.2, -0.15) is 0 Å². The SMILES string of the molecule is O=C(c1cc(Cl)ccc1OCc1ccccc1)[C@@H]1O[C@@H]1c1cc(Br)cc2c1OCOC2. The summed E-state index contributed by atoms with van der Waals surface area (Å²) in [7, 11) is 0. The number of benzene rings is 3. The van der Waals surface area contributed by atoms with E-state index in [0.29, 0.717) is 29.5 Å². The van der Waals surface area contributed by atoms with Gasteiger partial charge in [0, 0.05) is 20.6 Å². The number of ether oxygens (including phenoxy) is 4. The lowest BCUT2D eigenvalue weighted by Gasteiger charge is -2.20. The van der Waals surface area contributed by atoms with Crippen LogP contribution in [0.2, 0.25) is 5.02 Å². The molecule has 2 aliphatic rings. The van der Waals surface area contributed by atoms with Crippen molar-refractivity contribution in [3.05, 3.63) is 92.4 Å². The summed E-state index contributed by atoms with van der Waals surface area (Å²) in [6.45, 7) is 0.988. The van der Waals surface area contributed by atoms with Crippen LogP contribution in [0.4, 0.5) is 0 Å². The first kappa shape index (κ1) is 20.5. The Balaban J connectivity index is 1.38. The second-order valence-corrected chi connectivity index (χ2v) is 8.70. The number of ketones is 1. The molecule has 2 aliphatic heterocycles. The summed E-state index contributed by atoms with van der Waals surface area (Å²) in [5, 5.41) is 0.466. The van der Waals surface area contributed by atoms with Gasteiger partial charge in [0.1, 0.15) is 24.2 Å². The average Bonchev–Trinajstić information content (AvgIpc) is 3.58. The van der Waals surface area contributed by atoms with Crippen molar-refractivity contribution in [1.82, 2.24) is 0 Å². The van der Waals surface area contributed by atoms with Crippen molar-refractivity contribution in [2.24, 2.45) is 0 Å². The van der Waals surface area contributed by atoms with Crippen LogP contribution < -0.4 is 9.47 Å². The van der Waals surface area contributed by atoms with Crippen LogP contribution in [0.3, 0.4) is 0 Å². The van der Waals surface area contributed by atoms with Gasteiger partial charge >= 0.3 is 0 Å². The number of rotatable bonds is 6. The predicted molar refractivity (Wildman–Crippen MR) is 119 cm³/mol. The second-order valence-electron chi connectivity index (χ2n) is 7.35. The molecule has 158 valence electrons. The van der Waals surface area contributed by atoms with Gasteiger partial charge in [0.2, 0.25) is 0 Å². The molecule has 0 aliphatic carbocycles. The van der Waals surface area contributed by atoms with Crippen molar-refractivity contribution in [3.63, 3.8) is 0 Å². The minimum Gasteiger partial charge on any atom is -0.488 e. The number of hydrogen-bond acceptors (Lipinski definition) is 5. The fraction of sp³-hybridized carbons (Fsp3) is 0.208. The molecule has 5 nitrogen and oxygen atoms in total. The summed E-state index contributed by atoms with van der Waals surface area (Å²) >= 11 is 9.70. The Morgan fingerprint density at radius 2 is 1.97 bits per heavy atom. The maximum Gasteiger partial charge on any atom is 0.198 e. The average molecular weight is 502 g/mol. The molecule has 7 heteroatoms. The van der Waals surface area contributed by atoms with Gasteiger partial charge < -0.3 is 18.9 Å². The largest absolute Gasteiger partial charge is 0.488 e. The fourth-order valence-corrected chi connectivity index (χ4v) is 4.37. The van der Waals surface area contributed by atoms with Gasteiger partial charge in [0.15, 0.2) is 18.7 Å². The highest BCUT2D eigenvalue weighted by Crippen LogP contribution is 2.48. The molecular formula is C24H18BrClO5. The highest BCUT2D eigenvalue weighted by molar-refractivity contribution is 9.10. The molecule has 1 saturated heterocycles. The van der Waals surface area contributed by atoms with Crippen molar-refractivity contribution in [1.29, 1.82) is 0 Å². The number of halogens is 2. The monoisotopic (exact) mass is 500 g/mol. The zero-order valence-corrected chi connectivity index (χ0v) is 18.7. The van der Waals surface area contributed by atoms with Crippen LogP contribution in [0.15, 0.2) is 65.1 Å². The van der Waals surface area contributed by atoms with Crippen LogP contribution in [-0.4, -0.2) is 18.7 Å². The maximum absolute atomic E-state index is 13.3. The molecule has 5 rings (SSSR count). The number of carbonyl (C=O) groups excluding carboxylic acids is 1. The van der Waals surface area contributed by atoms with Crippen LogP contribution in [-0.2, 0) is 22.7 Å². The summed E-state index contributed by atoms with van der Waals surface area (Å²) in [5.41, 5.74) is 3.17. The Bertz CT molecular complexity index is 1130. The Morgan fingerprint density at radius 3 is 2.81 bits per heavy atom. The number of carbonyl (C=O) groups is 1. The number of fused-ring (bicyclic) bond motifs is 1.